The van der Waals surface area contributed by atoms with E-state index in [2.05, 4.69) is 5.32 Å². The molecule has 4 rings (SSSR count). The first-order valence-electron chi connectivity index (χ1n) is 11.2. The van der Waals surface area contributed by atoms with E-state index in [9.17, 15) is 19.2 Å². The SMILES string of the molecule is COc1cccc(/C=C2/SC(=O)N(CC(=O)N3CCOCC3)C2=O)c1OCC(=O)Nc1ccccc1. The first-order valence-corrected chi connectivity index (χ1v) is 12.0. The molecule has 2 aliphatic heterocycles. The quantitative estimate of drug-likeness (QED) is 0.538. The van der Waals surface area contributed by atoms with Gasteiger partial charge in [0.25, 0.3) is 17.1 Å². The van der Waals surface area contributed by atoms with E-state index in [4.69, 9.17) is 14.2 Å². The second-order valence-corrected chi connectivity index (χ2v) is 8.84. The van der Waals surface area contributed by atoms with Crippen molar-refractivity contribution in [1.82, 2.24) is 9.80 Å². The predicted octanol–water partition coefficient (Wildman–Crippen LogP) is 2.61. The molecule has 11 heteroatoms. The number of para-hydroxylation sites is 2. The number of carbonyl (C=O) groups is 4. The zero-order valence-electron chi connectivity index (χ0n) is 19.6. The van der Waals surface area contributed by atoms with Crippen LogP contribution in [0.3, 0.4) is 0 Å². The van der Waals surface area contributed by atoms with Gasteiger partial charge in [0, 0.05) is 24.3 Å². The molecular formula is C25H25N3O7S. The maximum atomic E-state index is 13.0. The van der Waals surface area contributed by atoms with Crippen molar-refractivity contribution in [3.8, 4) is 11.5 Å². The zero-order chi connectivity index (χ0) is 25.5. The Kier molecular flexibility index (Phi) is 8.24. The van der Waals surface area contributed by atoms with Gasteiger partial charge in [0.15, 0.2) is 18.1 Å². The van der Waals surface area contributed by atoms with Crippen molar-refractivity contribution in [3.05, 3.63) is 59.0 Å². The fraction of sp³-hybridized carbons (Fsp3) is 0.280. The van der Waals surface area contributed by atoms with E-state index in [1.54, 1.807) is 47.4 Å². The summed E-state index contributed by atoms with van der Waals surface area (Å²) in [5.41, 5.74) is 1.08. The summed E-state index contributed by atoms with van der Waals surface area (Å²) in [4.78, 5) is 53.0. The number of hydrogen-bond donors (Lipinski definition) is 1. The summed E-state index contributed by atoms with van der Waals surface area (Å²) < 4.78 is 16.4. The van der Waals surface area contributed by atoms with Crippen LogP contribution >= 0.6 is 11.8 Å². The van der Waals surface area contributed by atoms with Crippen LogP contribution in [-0.4, -0.2) is 79.3 Å². The van der Waals surface area contributed by atoms with Gasteiger partial charge in [0.05, 0.1) is 25.2 Å². The van der Waals surface area contributed by atoms with E-state index in [1.807, 2.05) is 6.07 Å². The Morgan fingerprint density at radius 1 is 1.08 bits per heavy atom. The normalized spacial score (nSPS) is 16.9. The number of nitrogens with zero attached hydrogens (tertiary/aromatic N) is 2. The summed E-state index contributed by atoms with van der Waals surface area (Å²) >= 11 is 0.741. The molecule has 2 aromatic carbocycles. The molecule has 0 spiro atoms. The topological polar surface area (TPSA) is 114 Å². The van der Waals surface area contributed by atoms with Crippen molar-refractivity contribution < 1.29 is 33.4 Å². The molecule has 4 amide bonds. The number of rotatable bonds is 8. The molecule has 0 unspecified atom stereocenters. The number of amides is 4. The fourth-order valence-corrected chi connectivity index (χ4v) is 4.47. The molecule has 2 fully saturated rings. The Bertz CT molecular complexity index is 1180. The van der Waals surface area contributed by atoms with Crippen molar-refractivity contribution in [2.24, 2.45) is 0 Å². The number of nitrogens with one attached hydrogen (secondary N) is 1. The maximum absolute atomic E-state index is 13.0. The lowest BCUT2D eigenvalue weighted by molar-refractivity contribution is -0.139. The van der Waals surface area contributed by atoms with Crippen molar-refractivity contribution in [2.45, 2.75) is 0 Å². The summed E-state index contributed by atoms with van der Waals surface area (Å²) in [7, 11) is 1.46. The van der Waals surface area contributed by atoms with Crippen LogP contribution in [0.25, 0.3) is 6.08 Å². The maximum Gasteiger partial charge on any atom is 0.294 e. The standard InChI is InChI=1S/C25H25N3O7S/c1-33-19-9-5-6-17(23(19)35-16-21(29)26-18-7-3-2-4-8-18)14-20-24(31)28(25(32)36-20)15-22(30)27-10-12-34-13-11-27/h2-9,14H,10-13,15-16H2,1H3,(H,26,29)/b20-14+. The minimum Gasteiger partial charge on any atom is -0.493 e. The number of thioether (sulfide) groups is 1. The average molecular weight is 512 g/mol. The molecule has 10 nitrogen and oxygen atoms in total. The van der Waals surface area contributed by atoms with Crippen LogP contribution in [0.2, 0.25) is 0 Å². The van der Waals surface area contributed by atoms with Gasteiger partial charge < -0.3 is 24.4 Å². The number of carbonyl (C=O) groups excluding carboxylic acids is 4. The number of benzene rings is 2. The van der Waals surface area contributed by atoms with E-state index in [-0.39, 0.29) is 35.6 Å². The first-order chi connectivity index (χ1) is 17.5. The lowest BCUT2D eigenvalue weighted by atomic mass is 10.1. The lowest BCUT2D eigenvalue weighted by Gasteiger charge is -2.28. The van der Waals surface area contributed by atoms with E-state index < -0.39 is 11.1 Å². The van der Waals surface area contributed by atoms with Gasteiger partial charge in [-0.3, -0.25) is 24.1 Å². The van der Waals surface area contributed by atoms with Gasteiger partial charge in [0.2, 0.25) is 5.91 Å². The molecule has 2 heterocycles. The smallest absolute Gasteiger partial charge is 0.294 e. The van der Waals surface area contributed by atoms with E-state index in [1.165, 1.54) is 13.2 Å². The highest BCUT2D eigenvalue weighted by Crippen LogP contribution is 2.37. The zero-order valence-corrected chi connectivity index (χ0v) is 20.4. The van der Waals surface area contributed by atoms with Crippen molar-refractivity contribution in [3.63, 3.8) is 0 Å². The van der Waals surface area contributed by atoms with Gasteiger partial charge in [-0.1, -0.05) is 30.3 Å². The largest absolute Gasteiger partial charge is 0.493 e. The van der Waals surface area contributed by atoms with E-state index in [0.29, 0.717) is 43.3 Å². The molecule has 188 valence electrons. The van der Waals surface area contributed by atoms with Crippen molar-refractivity contribution in [1.29, 1.82) is 0 Å². The number of morpholine rings is 1. The van der Waals surface area contributed by atoms with Crippen LogP contribution in [0, 0.1) is 0 Å². The summed E-state index contributed by atoms with van der Waals surface area (Å²) in [5, 5.41) is 2.21. The van der Waals surface area contributed by atoms with Gasteiger partial charge in [-0.25, -0.2) is 0 Å². The van der Waals surface area contributed by atoms with Crippen LogP contribution < -0.4 is 14.8 Å². The Hall–Kier alpha value is -3.83. The second kappa shape index (κ2) is 11.7. The highest BCUT2D eigenvalue weighted by molar-refractivity contribution is 8.18. The lowest BCUT2D eigenvalue weighted by Crippen LogP contribution is -2.46. The predicted molar refractivity (Wildman–Crippen MR) is 134 cm³/mol. The van der Waals surface area contributed by atoms with Gasteiger partial charge in [0.1, 0.15) is 6.54 Å². The van der Waals surface area contributed by atoms with Gasteiger partial charge >= 0.3 is 0 Å². The molecule has 0 aliphatic carbocycles. The fourth-order valence-electron chi connectivity index (χ4n) is 3.64. The molecule has 0 bridgehead atoms. The highest BCUT2D eigenvalue weighted by Gasteiger charge is 2.37. The molecule has 2 saturated heterocycles. The highest BCUT2D eigenvalue weighted by atomic mass is 32.2. The van der Waals surface area contributed by atoms with Crippen LogP contribution in [0.1, 0.15) is 5.56 Å². The Morgan fingerprint density at radius 2 is 1.83 bits per heavy atom. The van der Waals surface area contributed by atoms with Crippen LogP contribution in [0.5, 0.6) is 11.5 Å². The minimum atomic E-state index is -0.567. The molecular weight excluding hydrogens is 486 g/mol. The summed E-state index contributed by atoms with van der Waals surface area (Å²) in [6, 6.07) is 14.0. The Morgan fingerprint density at radius 3 is 2.56 bits per heavy atom. The number of ether oxygens (including phenoxy) is 3. The number of anilines is 1. The third kappa shape index (κ3) is 6.04. The molecule has 36 heavy (non-hydrogen) atoms. The first kappa shape index (κ1) is 25.3. The van der Waals surface area contributed by atoms with Gasteiger partial charge in [-0.2, -0.15) is 0 Å². The number of imide groups is 1. The van der Waals surface area contributed by atoms with Crippen molar-refractivity contribution in [2.75, 3.05) is 51.9 Å². The van der Waals surface area contributed by atoms with Crippen LogP contribution in [0.4, 0.5) is 10.5 Å². The van der Waals surface area contributed by atoms with Gasteiger partial charge in [-0.15, -0.1) is 0 Å². The minimum absolute atomic E-state index is 0.140. The monoisotopic (exact) mass is 511 g/mol. The summed E-state index contributed by atoms with van der Waals surface area (Å²) in [6.07, 6.45) is 1.50. The molecule has 1 N–H and O–H groups in total. The number of methoxy groups -OCH3 is 1. The summed E-state index contributed by atoms with van der Waals surface area (Å²) in [5.74, 6) is -0.642. The van der Waals surface area contributed by atoms with E-state index in [0.717, 1.165) is 16.7 Å². The van der Waals surface area contributed by atoms with Crippen molar-refractivity contribution >= 4 is 46.5 Å². The average Bonchev–Trinajstić information content (AvgIpc) is 3.16. The Labute approximate surface area is 212 Å². The molecule has 0 radical (unpaired) electrons. The molecule has 2 aliphatic rings. The molecule has 2 aromatic rings. The van der Waals surface area contributed by atoms with E-state index >= 15 is 0 Å². The molecule has 0 atom stereocenters. The van der Waals surface area contributed by atoms with Gasteiger partial charge in [-0.05, 0) is 36.0 Å². The molecule has 0 saturated carbocycles. The van der Waals surface area contributed by atoms with Crippen LogP contribution in [-0.2, 0) is 19.1 Å². The van der Waals surface area contributed by atoms with Crippen LogP contribution in [0.15, 0.2) is 53.4 Å². The third-order valence-electron chi connectivity index (χ3n) is 5.45. The Balaban J connectivity index is 1.47. The third-order valence-corrected chi connectivity index (χ3v) is 6.36. The molecule has 0 aromatic heterocycles. The second-order valence-electron chi connectivity index (χ2n) is 7.84. The number of hydrogen-bond acceptors (Lipinski definition) is 8. The summed E-state index contributed by atoms with van der Waals surface area (Å²) in [6.45, 7) is 1.07.